The summed E-state index contributed by atoms with van der Waals surface area (Å²) in [6.45, 7) is 10.7. The summed E-state index contributed by atoms with van der Waals surface area (Å²) in [6, 6.07) is 7.87. The number of anilines is 1. The molecule has 0 aliphatic carbocycles. The van der Waals surface area contributed by atoms with Crippen LogP contribution in [-0.2, 0) is 22.5 Å². The van der Waals surface area contributed by atoms with Crippen molar-refractivity contribution in [2.75, 3.05) is 24.6 Å². The maximum Gasteiger partial charge on any atom is 0.410 e. The fourth-order valence-electron chi connectivity index (χ4n) is 6.04. The quantitative estimate of drug-likeness (QED) is 0.264. The number of carbonyl (C=O) groups is 2. The first-order valence-corrected chi connectivity index (χ1v) is 15.7. The number of nitriles is 1. The number of hydrogen-bond acceptors (Lipinski definition) is 9. The van der Waals surface area contributed by atoms with Crippen molar-refractivity contribution in [1.29, 1.82) is 5.26 Å². The van der Waals surface area contributed by atoms with Crippen LogP contribution in [-0.4, -0.2) is 66.9 Å². The van der Waals surface area contributed by atoms with Crippen molar-refractivity contribution in [2.45, 2.75) is 72.1 Å². The average molecular weight is 641 g/mol. The topological polar surface area (TPSA) is 139 Å². The van der Waals surface area contributed by atoms with Gasteiger partial charge >= 0.3 is 6.09 Å². The lowest BCUT2D eigenvalue weighted by Crippen LogP contribution is -2.42. The molecule has 0 spiro atoms. The summed E-state index contributed by atoms with van der Waals surface area (Å²) in [5.74, 6) is 0.164. The number of halogens is 1. The predicted molar refractivity (Wildman–Crippen MR) is 171 cm³/mol. The van der Waals surface area contributed by atoms with Gasteiger partial charge in [0.1, 0.15) is 23.2 Å². The molecule has 0 saturated carbocycles. The number of hydrogen-bond donors (Lipinski definition) is 0. The van der Waals surface area contributed by atoms with Crippen molar-refractivity contribution >= 4 is 28.7 Å². The number of rotatable bonds is 6. The molecule has 1 fully saturated rings. The Bertz CT molecular complexity index is 1870. The smallest absolute Gasteiger partial charge is 0.410 e. The van der Waals surface area contributed by atoms with Crippen LogP contribution < -0.4 is 9.64 Å². The maximum absolute atomic E-state index is 13.4. The molecule has 6 rings (SSSR count). The van der Waals surface area contributed by atoms with Crippen LogP contribution in [0.5, 0.6) is 5.75 Å². The number of benzene rings is 1. The Kier molecular flexibility index (Phi) is 8.53. The van der Waals surface area contributed by atoms with E-state index in [-0.39, 0.29) is 37.1 Å². The molecule has 0 bridgehead atoms. The summed E-state index contributed by atoms with van der Waals surface area (Å²) >= 11 is 0. The van der Waals surface area contributed by atoms with Crippen LogP contribution in [0.1, 0.15) is 70.6 Å². The summed E-state index contributed by atoms with van der Waals surface area (Å²) in [7, 11) is 0. The van der Waals surface area contributed by atoms with E-state index < -0.39 is 11.4 Å². The molecule has 0 unspecified atom stereocenters. The van der Waals surface area contributed by atoms with E-state index in [1.807, 2.05) is 37.6 Å². The molecular weight excluding hydrogens is 603 g/mol. The van der Waals surface area contributed by atoms with Crippen LogP contribution in [0.25, 0.3) is 22.2 Å². The molecule has 47 heavy (non-hydrogen) atoms. The number of aromatic nitrogens is 5. The molecule has 5 heterocycles. The molecule has 2 amide bonds. The van der Waals surface area contributed by atoms with Gasteiger partial charge < -0.3 is 14.4 Å². The molecule has 2 aliphatic rings. The van der Waals surface area contributed by atoms with Gasteiger partial charge in [0.25, 0.3) is 5.91 Å². The van der Waals surface area contributed by atoms with E-state index in [2.05, 4.69) is 29.9 Å². The third-order valence-electron chi connectivity index (χ3n) is 8.16. The highest BCUT2D eigenvalue weighted by Gasteiger charge is 2.31. The molecule has 1 aromatic carbocycles. The molecule has 4 aromatic rings. The number of piperidine rings is 1. The molecule has 244 valence electrons. The van der Waals surface area contributed by atoms with E-state index in [1.165, 1.54) is 4.90 Å². The van der Waals surface area contributed by atoms with Gasteiger partial charge in [-0.05, 0) is 63.6 Å². The molecule has 2 aliphatic heterocycles. The monoisotopic (exact) mass is 640 g/mol. The van der Waals surface area contributed by atoms with Gasteiger partial charge in [0.2, 0.25) is 0 Å². The minimum Gasteiger partial charge on any atom is -0.482 e. The van der Waals surface area contributed by atoms with Crippen LogP contribution >= 0.6 is 0 Å². The lowest BCUT2D eigenvalue weighted by molar-refractivity contribution is -0.121. The Morgan fingerprint density at radius 2 is 1.89 bits per heavy atom. The molecule has 0 radical (unpaired) electrons. The fraction of sp³-hybridized carbons (Fsp3) is 0.441. The Balaban J connectivity index is 1.37. The van der Waals surface area contributed by atoms with Crippen LogP contribution in [0.3, 0.4) is 0 Å². The minimum atomic E-state index is -0.565. The zero-order valence-electron chi connectivity index (χ0n) is 27.2. The van der Waals surface area contributed by atoms with E-state index >= 15 is 0 Å². The summed E-state index contributed by atoms with van der Waals surface area (Å²) in [5, 5.41) is 16.0. The Hall–Kier alpha value is -5.12. The lowest BCUT2D eigenvalue weighted by Gasteiger charge is -2.33. The first-order chi connectivity index (χ1) is 22.4. The van der Waals surface area contributed by atoms with Gasteiger partial charge in [-0.3, -0.25) is 9.69 Å². The van der Waals surface area contributed by atoms with Crippen molar-refractivity contribution in [1.82, 2.24) is 29.6 Å². The predicted octanol–water partition coefficient (Wildman–Crippen LogP) is 5.60. The van der Waals surface area contributed by atoms with E-state index in [0.717, 1.165) is 23.3 Å². The minimum absolute atomic E-state index is 0.00601. The molecule has 0 atom stereocenters. The average Bonchev–Trinajstić information content (AvgIpc) is 3.45. The zero-order valence-corrected chi connectivity index (χ0v) is 27.2. The van der Waals surface area contributed by atoms with E-state index in [0.29, 0.717) is 72.1 Å². The molecule has 0 N–H and O–H groups in total. The molecule has 13 heteroatoms. The third-order valence-corrected chi connectivity index (χ3v) is 8.16. The normalized spacial score (nSPS) is 15.5. The van der Waals surface area contributed by atoms with Crippen molar-refractivity contribution in [3.8, 4) is 22.9 Å². The second kappa shape index (κ2) is 12.6. The van der Waals surface area contributed by atoms with Gasteiger partial charge in [-0.15, -0.1) is 0 Å². The number of amides is 2. The second-order valence-corrected chi connectivity index (χ2v) is 13.3. The van der Waals surface area contributed by atoms with Crippen LogP contribution in [0, 0.1) is 23.1 Å². The summed E-state index contributed by atoms with van der Waals surface area (Å²) < 4.78 is 26.7. The Morgan fingerprint density at radius 1 is 1.17 bits per heavy atom. The number of likely N-dealkylation sites (tertiary alicyclic amines) is 1. The Labute approximate surface area is 272 Å². The largest absolute Gasteiger partial charge is 0.482 e. The van der Waals surface area contributed by atoms with Crippen molar-refractivity contribution in [3.05, 3.63) is 59.7 Å². The summed E-state index contributed by atoms with van der Waals surface area (Å²) in [6.07, 6.45) is 5.51. The summed E-state index contributed by atoms with van der Waals surface area (Å²) in [4.78, 5) is 41.8. The molecular formula is C34H37FN8O4. The SMILES string of the molecule is CC(C)Cc1nc2c(cnn2C2CCN(C(=O)OC(C)(C)C)CC2)c(-c2ccc3c(c2)OCC(=O)N3Cc2ncc(F)cn2)c1C#N. The van der Waals surface area contributed by atoms with Gasteiger partial charge in [-0.25, -0.2) is 28.8 Å². The van der Waals surface area contributed by atoms with E-state index in [1.54, 1.807) is 17.2 Å². The highest BCUT2D eigenvalue weighted by Crippen LogP contribution is 2.41. The lowest BCUT2D eigenvalue weighted by atomic mass is 9.93. The van der Waals surface area contributed by atoms with Crippen molar-refractivity contribution in [2.24, 2.45) is 5.92 Å². The van der Waals surface area contributed by atoms with Crippen LogP contribution in [0.4, 0.5) is 14.9 Å². The van der Waals surface area contributed by atoms with Crippen molar-refractivity contribution < 1.29 is 23.5 Å². The number of carbonyl (C=O) groups excluding carboxylic acids is 2. The van der Waals surface area contributed by atoms with E-state index in [9.17, 15) is 19.2 Å². The summed E-state index contributed by atoms with van der Waals surface area (Å²) in [5.41, 5.74) is 3.21. The standard InChI is InChI=1S/C34H37FN8O4/c1-20(2)12-26-24(14-36)31(21-6-7-27-28(13-21)46-19-30(44)42(27)18-29-37-15-22(35)16-38-29)25-17-39-43(32(25)40-26)23-8-10-41(11-9-23)33(45)47-34(3,4)5/h6-7,13,15-17,20,23H,8-12,18-19H2,1-5H3. The highest BCUT2D eigenvalue weighted by atomic mass is 19.1. The third kappa shape index (κ3) is 6.58. The van der Waals surface area contributed by atoms with Gasteiger partial charge in [0.15, 0.2) is 18.1 Å². The highest BCUT2D eigenvalue weighted by molar-refractivity contribution is 6.00. The molecule has 3 aromatic heterocycles. The number of ether oxygens (including phenoxy) is 2. The van der Waals surface area contributed by atoms with Gasteiger partial charge in [-0.1, -0.05) is 19.9 Å². The van der Waals surface area contributed by atoms with Gasteiger partial charge in [0, 0.05) is 24.0 Å². The van der Waals surface area contributed by atoms with Crippen LogP contribution in [0.15, 0.2) is 36.8 Å². The first kappa shape index (κ1) is 31.8. The van der Waals surface area contributed by atoms with Crippen molar-refractivity contribution in [3.63, 3.8) is 0 Å². The molecule has 1 saturated heterocycles. The zero-order chi connectivity index (χ0) is 33.5. The maximum atomic E-state index is 13.4. The van der Waals surface area contributed by atoms with Gasteiger partial charge in [-0.2, -0.15) is 10.4 Å². The van der Waals surface area contributed by atoms with Crippen LogP contribution in [0.2, 0.25) is 0 Å². The number of nitrogens with zero attached hydrogens (tertiary/aromatic N) is 8. The Morgan fingerprint density at radius 3 is 2.55 bits per heavy atom. The fourth-order valence-corrected chi connectivity index (χ4v) is 6.04. The number of fused-ring (bicyclic) bond motifs is 2. The van der Waals surface area contributed by atoms with E-state index in [4.69, 9.17) is 19.6 Å². The molecule has 12 nitrogen and oxygen atoms in total. The number of pyridine rings is 1. The van der Waals surface area contributed by atoms with Gasteiger partial charge in [0.05, 0.1) is 48.1 Å². The first-order valence-electron chi connectivity index (χ1n) is 15.7. The second-order valence-electron chi connectivity index (χ2n) is 13.3.